The van der Waals surface area contributed by atoms with Gasteiger partial charge in [-0.1, -0.05) is 53.5 Å². The summed E-state index contributed by atoms with van der Waals surface area (Å²) in [6.07, 6.45) is 0. The van der Waals surface area contributed by atoms with E-state index in [1.807, 2.05) is 25.1 Å². The van der Waals surface area contributed by atoms with Crippen LogP contribution in [0.4, 0.5) is 0 Å². The van der Waals surface area contributed by atoms with Crippen molar-refractivity contribution >= 4 is 24.1 Å². The number of phenols is 1. The molecule has 0 fully saturated rings. The van der Waals surface area contributed by atoms with Gasteiger partial charge in [0.2, 0.25) is 0 Å². The lowest BCUT2D eigenvalue weighted by atomic mass is 9.86. The van der Waals surface area contributed by atoms with Gasteiger partial charge in [-0.3, -0.25) is 0 Å². The summed E-state index contributed by atoms with van der Waals surface area (Å²) >= 11 is 0. The van der Waals surface area contributed by atoms with Crippen LogP contribution in [-0.4, -0.2) is 13.0 Å². The molecule has 2 radical (unpaired) electrons. The lowest BCUT2D eigenvalue weighted by Crippen LogP contribution is -2.05. The molecule has 0 heterocycles. The molecule has 20 heavy (non-hydrogen) atoms. The predicted octanol–water partition coefficient (Wildman–Crippen LogP) is 3.62. The fourth-order valence-electron chi connectivity index (χ4n) is 2.74. The average Bonchev–Trinajstić information content (AvgIpc) is 2.43. The minimum absolute atomic E-state index is 0.162. The van der Waals surface area contributed by atoms with Crippen molar-refractivity contribution in [3.05, 3.63) is 59.7 Å². The van der Waals surface area contributed by atoms with E-state index in [4.69, 9.17) is 7.85 Å². The highest BCUT2D eigenvalue weighted by atomic mass is 16.3. The van der Waals surface area contributed by atoms with Crippen molar-refractivity contribution in [1.82, 2.24) is 0 Å². The zero-order valence-corrected chi connectivity index (χ0v) is 11.6. The molecule has 1 nitrogen and oxygen atoms in total. The topological polar surface area (TPSA) is 20.2 Å². The number of aryl methyl sites for hydroxylation is 2. The van der Waals surface area contributed by atoms with Gasteiger partial charge in [-0.25, -0.2) is 0 Å². The first-order valence-corrected chi connectivity index (χ1v) is 6.66. The molecule has 3 aromatic rings. The Hall–Kier alpha value is -2.22. The van der Waals surface area contributed by atoms with E-state index in [2.05, 4.69) is 31.2 Å². The van der Waals surface area contributed by atoms with E-state index in [9.17, 15) is 5.11 Å². The van der Waals surface area contributed by atoms with E-state index in [-0.39, 0.29) is 5.75 Å². The van der Waals surface area contributed by atoms with E-state index in [1.54, 1.807) is 6.07 Å². The Morgan fingerprint density at radius 1 is 0.950 bits per heavy atom. The molecule has 0 bridgehead atoms. The second-order valence-electron chi connectivity index (χ2n) is 5.23. The van der Waals surface area contributed by atoms with Gasteiger partial charge in [0.05, 0.1) is 0 Å². The van der Waals surface area contributed by atoms with Crippen LogP contribution in [0, 0.1) is 13.8 Å². The number of hydrogen-bond donors (Lipinski definition) is 1. The van der Waals surface area contributed by atoms with E-state index < -0.39 is 0 Å². The van der Waals surface area contributed by atoms with E-state index in [0.717, 1.165) is 33.0 Å². The first-order valence-electron chi connectivity index (χ1n) is 6.66. The van der Waals surface area contributed by atoms with E-state index in [0.29, 0.717) is 5.46 Å². The molecule has 3 aromatic carbocycles. The fourth-order valence-corrected chi connectivity index (χ4v) is 2.74. The molecule has 1 N–H and O–H groups in total. The van der Waals surface area contributed by atoms with Gasteiger partial charge in [-0.2, -0.15) is 0 Å². The smallest absolute Gasteiger partial charge is 0.119 e. The van der Waals surface area contributed by atoms with Crippen LogP contribution in [0.5, 0.6) is 5.75 Å². The van der Waals surface area contributed by atoms with E-state index >= 15 is 0 Å². The first-order chi connectivity index (χ1) is 9.58. The summed E-state index contributed by atoms with van der Waals surface area (Å²) in [5.74, 6) is 0.162. The molecule has 0 saturated carbocycles. The molecule has 0 aliphatic rings. The van der Waals surface area contributed by atoms with Crippen molar-refractivity contribution in [2.24, 2.45) is 0 Å². The largest absolute Gasteiger partial charge is 0.508 e. The molecular weight excluding hydrogens is 243 g/mol. The van der Waals surface area contributed by atoms with Crippen molar-refractivity contribution in [3.63, 3.8) is 0 Å². The second kappa shape index (κ2) is 4.71. The summed E-state index contributed by atoms with van der Waals surface area (Å²) in [6.45, 7) is 4.04. The number of benzene rings is 3. The van der Waals surface area contributed by atoms with Crippen molar-refractivity contribution in [3.8, 4) is 16.9 Å². The summed E-state index contributed by atoms with van der Waals surface area (Å²) in [5, 5.41) is 12.6. The summed E-state index contributed by atoms with van der Waals surface area (Å²) in [6, 6.07) is 16.2. The first kappa shape index (κ1) is 12.8. The Morgan fingerprint density at radius 2 is 1.70 bits per heavy atom. The van der Waals surface area contributed by atoms with Crippen LogP contribution in [0.15, 0.2) is 48.5 Å². The maximum absolute atomic E-state index is 10.3. The predicted molar refractivity (Wildman–Crippen MR) is 85.9 cm³/mol. The third-order valence-electron chi connectivity index (χ3n) is 3.69. The van der Waals surface area contributed by atoms with Gasteiger partial charge in [0.1, 0.15) is 13.6 Å². The summed E-state index contributed by atoms with van der Waals surface area (Å²) < 4.78 is 0. The van der Waals surface area contributed by atoms with Gasteiger partial charge in [-0.15, -0.1) is 0 Å². The quantitative estimate of drug-likeness (QED) is 0.661. The summed E-state index contributed by atoms with van der Waals surface area (Å²) in [4.78, 5) is 0. The molecule has 3 rings (SSSR count). The Bertz CT molecular complexity index is 806. The lowest BCUT2D eigenvalue weighted by molar-refractivity contribution is 0.481. The molecule has 0 amide bonds. The highest BCUT2D eigenvalue weighted by Crippen LogP contribution is 2.36. The maximum atomic E-state index is 10.3. The highest BCUT2D eigenvalue weighted by molar-refractivity contribution is 6.35. The van der Waals surface area contributed by atoms with Crippen LogP contribution >= 0.6 is 0 Å². The number of aromatic hydroxyl groups is 1. The fraction of sp³-hybridized carbons (Fsp3) is 0.111. The minimum atomic E-state index is 0.162. The third kappa shape index (κ3) is 1.98. The Labute approximate surface area is 120 Å². The minimum Gasteiger partial charge on any atom is -0.508 e. The van der Waals surface area contributed by atoms with Crippen molar-refractivity contribution in [1.29, 1.82) is 0 Å². The monoisotopic (exact) mass is 258 g/mol. The Morgan fingerprint density at radius 3 is 2.50 bits per heavy atom. The van der Waals surface area contributed by atoms with Gasteiger partial charge in [0.25, 0.3) is 0 Å². The number of hydrogen-bond acceptors (Lipinski definition) is 1. The number of fused-ring (bicyclic) bond motifs is 1. The summed E-state index contributed by atoms with van der Waals surface area (Å²) in [7, 11) is 5.90. The van der Waals surface area contributed by atoms with Crippen LogP contribution in [0.1, 0.15) is 11.1 Å². The van der Waals surface area contributed by atoms with Crippen LogP contribution in [0.3, 0.4) is 0 Å². The lowest BCUT2D eigenvalue weighted by Gasteiger charge is -2.15. The number of rotatable bonds is 1. The van der Waals surface area contributed by atoms with Crippen LogP contribution < -0.4 is 5.46 Å². The van der Waals surface area contributed by atoms with Gasteiger partial charge in [0.15, 0.2) is 0 Å². The molecular formula is C18H15BO. The molecule has 0 spiro atoms. The van der Waals surface area contributed by atoms with Gasteiger partial charge < -0.3 is 5.11 Å². The zero-order valence-electron chi connectivity index (χ0n) is 11.6. The average molecular weight is 258 g/mol. The van der Waals surface area contributed by atoms with Gasteiger partial charge >= 0.3 is 0 Å². The van der Waals surface area contributed by atoms with Crippen LogP contribution in [0.25, 0.3) is 21.9 Å². The molecule has 0 unspecified atom stereocenters. The summed E-state index contributed by atoms with van der Waals surface area (Å²) in [5.41, 5.74) is 4.45. The number of phenolic OH excluding ortho intramolecular Hbond substituents is 1. The van der Waals surface area contributed by atoms with Crippen molar-refractivity contribution in [2.75, 3.05) is 0 Å². The van der Waals surface area contributed by atoms with Crippen molar-refractivity contribution < 1.29 is 5.11 Å². The molecule has 0 aliphatic carbocycles. The zero-order chi connectivity index (χ0) is 14.3. The Balaban J connectivity index is 2.43. The van der Waals surface area contributed by atoms with Crippen molar-refractivity contribution in [2.45, 2.75) is 13.8 Å². The molecule has 0 saturated heterocycles. The van der Waals surface area contributed by atoms with E-state index in [1.165, 1.54) is 0 Å². The molecule has 0 aromatic heterocycles. The SMILES string of the molecule is [B]c1cc(C)cc(-c2c(C)ccc3ccccc23)c1O. The molecule has 2 heteroatoms. The van der Waals surface area contributed by atoms with Gasteiger partial charge in [0, 0.05) is 5.56 Å². The molecule has 0 atom stereocenters. The molecule has 96 valence electrons. The normalized spacial score (nSPS) is 10.9. The van der Waals surface area contributed by atoms with Crippen LogP contribution in [-0.2, 0) is 0 Å². The highest BCUT2D eigenvalue weighted by Gasteiger charge is 2.13. The Kier molecular flexibility index (Phi) is 3.02. The third-order valence-corrected chi connectivity index (χ3v) is 3.69. The standard InChI is InChI=1S/C18H15BO/c1-11-9-15(18(20)16(19)10-11)17-12(2)7-8-13-5-3-4-6-14(13)17/h3-10,20H,1-2H3. The van der Waals surface area contributed by atoms with Crippen LogP contribution in [0.2, 0.25) is 0 Å². The van der Waals surface area contributed by atoms with Gasteiger partial charge in [-0.05, 0) is 41.8 Å². The maximum Gasteiger partial charge on any atom is 0.119 e. The molecule has 0 aliphatic heterocycles. The second-order valence-corrected chi connectivity index (χ2v) is 5.23.